The molecule has 2 aromatic heterocycles. The number of fused-ring (bicyclic) bond motifs is 4. The first kappa shape index (κ1) is 59.2. The molecule has 0 N–H and O–H groups in total. The zero-order chi connectivity index (χ0) is 59.1. The molecular formula is C79H79N4PtSi-3. The molecule has 11 aromatic rings. The van der Waals surface area contributed by atoms with Crippen molar-refractivity contribution in [3.8, 4) is 16.9 Å². The van der Waals surface area contributed by atoms with Crippen LogP contribution in [-0.2, 0) is 48.1 Å². The largest absolute Gasteiger partial charge is 0.493 e. The van der Waals surface area contributed by atoms with Gasteiger partial charge in [-0.3, -0.25) is 0 Å². The van der Waals surface area contributed by atoms with Crippen LogP contribution in [0.15, 0.2) is 219 Å². The fourth-order valence-electron chi connectivity index (χ4n) is 12.4. The molecule has 0 radical (unpaired) electrons. The Morgan fingerprint density at radius 1 is 0.400 bits per heavy atom. The van der Waals surface area contributed by atoms with Crippen LogP contribution in [0, 0.1) is 18.8 Å². The van der Waals surface area contributed by atoms with Crippen LogP contribution < -0.4 is 30.5 Å². The van der Waals surface area contributed by atoms with Crippen LogP contribution in [0.4, 0.5) is 22.7 Å². The summed E-state index contributed by atoms with van der Waals surface area (Å²) in [7, 11) is -3.29. The monoisotopic (exact) mass is 1310 g/mol. The van der Waals surface area contributed by atoms with Crippen LogP contribution in [0.2, 0.25) is 0 Å². The zero-order valence-corrected chi connectivity index (χ0v) is 55.2. The topological polar surface area (TPSA) is 24.3 Å². The molecule has 0 atom stereocenters. The first-order valence-corrected chi connectivity index (χ1v) is 31.9. The number of para-hydroxylation sites is 2. The number of aromatic nitrogens is 2. The van der Waals surface area contributed by atoms with Crippen molar-refractivity contribution < 1.29 is 21.1 Å². The molecule has 0 spiro atoms. The second kappa shape index (κ2) is 22.1. The maximum absolute atomic E-state index is 5.32. The van der Waals surface area contributed by atoms with Crippen LogP contribution in [0.25, 0.3) is 38.8 Å². The first-order chi connectivity index (χ1) is 39.9. The molecule has 1 aliphatic heterocycles. The molecule has 432 valence electrons. The number of benzene rings is 9. The summed E-state index contributed by atoms with van der Waals surface area (Å²) in [6.45, 7) is 34.8. The van der Waals surface area contributed by atoms with Gasteiger partial charge in [-0.1, -0.05) is 242 Å². The summed E-state index contributed by atoms with van der Waals surface area (Å²) in [5.41, 5.74) is 16.2. The standard InChI is InChI=1S/C79H79N4Si.Pt/c1-75(2,3)57-44-58(76(4,5)6)47-61(46-57)79(13,14)56-41-42-80-74(50-56)83-70-40-37-55(54-27-18-15-19-28-54)43-69(70)68-39-38-67(52-73(68)83)84(64-30-20-16-21-31-64,65-32-22-17-23-33-65)66-34-26-29-62(51-66)81-53-82(72-36-25-24-35-71(72)81)63-48-59(77(7,8)9)45-60(49-63)78(10,11)12;/h15-50,53H,1-14H3;/q-3;. The van der Waals surface area contributed by atoms with Crippen LogP contribution in [0.5, 0.6) is 0 Å². The Bertz CT molecular complexity index is 4140. The Hall–Kier alpha value is -7.56. The summed E-state index contributed by atoms with van der Waals surface area (Å²) in [5, 5.41) is 7.07. The minimum Gasteiger partial charge on any atom is -0.493 e. The molecule has 0 saturated carbocycles. The van der Waals surface area contributed by atoms with Gasteiger partial charge in [0.2, 0.25) is 0 Å². The summed E-state index contributed by atoms with van der Waals surface area (Å²) in [6, 6.07) is 87.9. The average molecular weight is 1310 g/mol. The molecule has 0 saturated heterocycles. The number of hydrogen-bond acceptors (Lipinski definition) is 3. The van der Waals surface area contributed by atoms with Gasteiger partial charge in [-0.15, -0.1) is 17.7 Å². The van der Waals surface area contributed by atoms with Crippen molar-refractivity contribution >= 4 is 73.4 Å². The fourth-order valence-corrected chi connectivity index (χ4v) is 17.0. The molecule has 0 fully saturated rings. The molecule has 85 heavy (non-hydrogen) atoms. The molecule has 9 aromatic carbocycles. The maximum Gasteiger partial charge on any atom is 0.135 e. The Kier molecular flexibility index (Phi) is 15.4. The van der Waals surface area contributed by atoms with Crippen molar-refractivity contribution in [2.24, 2.45) is 0 Å². The molecule has 1 aliphatic rings. The van der Waals surface area contributed by atoms with E-state index in [1.807, 2.05) is 6.20 Å². The van der Waals surface area contributed by atoms with Crippen LogP contribution in [-0.4, -0.2) is 17.6 Å². The second-order valence-corrected chi connectivity index (χ2v) is 31.7. The van der Waals surface area contributed by atoms with Gasteiger partial charge in [-0.25, -0.2) is 4.98 Å². The molecular weight excluding hydrogens is 1230 g/mol. The van der Waals surface area contributed by atoms with E-state index in [9.17, 15) is 0 Å². The SMILES string of the molecule is CC(C)(C)c1cc(N2[CH-]N(c3[c-]c([Si](c4[c-]c5c(cc4)c4cc(-c6ccccc6)ccc4n5-c4cc(C(C)(C)c5cc(C(C)(C)C)cc(C(C)(C)C)c5)ccn4)(c4ccccc4)c4ccccc4)ccc3)c3ccccc32)cc(C(C)(C)C)c1.[Pt]. The number of pyridine rings is 1. The molecule has 6 heteroatoms. The number of hydrogen-bond donors (Lipinski definition) is 0. The Balaban J connectivity index is 0.00000752. The maximum atomic E-state index is 5.32. The van der Waals surface area contributed by atoms with E-state index in [1.165, 1.54) is 54.9 Å². The Morgan fingerprint density at radius 3 is 1.47 bits per heavy atom. The molecule has 4 nitrogen and oxygen atoms in total. The van der Waals surface area contributed by atoms with E-state index < -0.39 is 8.07 Å². The van der Waals surface area contributed by atoms with Gasteiger partial charge < -0.3 is 14.4 Å². The van der Waals surface area contributed by atoms with Gasteiger partial charge in [0.25, 0.3) is 0 Å². The van der Waals surface area contributed by atoms with Crippen molar-refractivity contribution in [3.05, 3.63) is 271 Å². The van der Waals surface area contributed by atoms with E-state index in [0.717, 1.165) is 60.7 Å². The second-order valence-electron chi connectivity index (χ2n) is 27.9. The average Bonchev–Trinajstić information content (AvgIpc) is 1.79. The van der Waals surface area contributed by atoms with Crippen molar-refractivity contribution in [1.29, 1.82) is 0 Å². The summed E-state index contributed by atoms with van der Waals surface area (Å²) < 4.78 is 2.38. The van der Waals surface area contributed by atoms with Crippen molar-refractivity contribution in [1.82, 2.24) is 9.55 Å². The normalized spacial score (nSPS) is 13.3. The molecule has 3 heterocycles. The third-order valence-electron chi connectivity index (χ3n) is 17.7. The first-order valence-electron chi connectivity index (χ1n) is 29.9. The van der Waals surface area contributed by atoms with Gasteiger partial charge in [0.05, 0.1) is 0 Å². The van der Waals surface area contributed by atoms with E-state index >= 15 is 0 Å². The summed E-state index contributed by atoms with van der Waals surface area (Å²) in [5.74, 6) is 0.861. The van der Waals surface area contributed by atoms with Gasteiger partial charge >= 0.3 is 0 Å². The Morgan fingerprint density at radius 2 is 0.906 bits per heavy atom. The molecule has 0 amide bonds. The van der Waals surface area contributed by atoms with Crippen molar-refractivity contribution in [2.45, 2.75) is 124 Å². The zero-order valence-electron chi connectivity index (χ0n) is 52.0. The number of rotatable bonds is 10. The van der Waals surface area contributed by atoms with Gasteiger partial charge in [0, 0.05) is 55.3 Å². The van der Waals surface area contributed by atoms with E-state index in [4.69, 9.17) is 4.98 Å². The number of nitrogens with zero attached hydrogens (tertiary/aromatic N) is 4. The molecule has 0 bridgehead atoms. The van der Waals surface area contributed by atoms with E-state index in [2.05, 4.69) is 342 Å². The quantitative estimate of drug-likeness (QED) is 0.0775. The number of anilines is 4. The van der Waals surface area contributed by atoms with E-state index in [1.54, 1.807) is 0 Å². The van der Waals surface area contributed by atoms with Crippen LogP contribution >= 0.6 is 0 Å². The van der Waals surface area contributed by atoms with Crippen molar-refractivity contribution in [3.63, 3.8) is 0 Å². The predicted octanol–water partition coefficient (Wildman–Crippen LogP) is 17.7. The molecule has 12 rings (SSSR count). The van der Waals surface area contributed by atoms with Gasteiger partial charge in [-0.2, -0.15) is 52.8 Å². The smallest absolute Gasteiger partial charge is 0.135 e. The molecule has 0 aliphatic carbocycles. The summed E-state index contributed by atoms with van der Waals surface area (Å²) >= 11 is 0. The van der Waals surface area contributed by atoms with Gasteiger partial charge in [0.15, 0.2) is 0 Å². The fraction of sp³-hybridized carbons (Fsp3) is 0.241. The minimum absolute atomic E-state index is 0. The van der Waals surface area contributed by atoms with Gasteiger partial charge in [-0.05, 0) is 124 Å². The third-order valence-corrected chi connectivity index (χ3v) is 22.3. The van der Waals surface area contributed by atoms with Crippen LogP contribution in [0.1, 0.15) is 130 Å². The van der Waals surface area contributed by atoms with Gasteiger partial charge in [0.1, 0.15) is 13.9 Å². The van der Waals surface area contributed by atoms with Crippen molar-refractivity contribution in [2.75, 3.05) is 9.80 Å². The molecule has 0 unspecified atom stereocenters. The summed E-state index contributed by atoms with van der Waals surface area (Å²) in [6.07, 6.45) is 2.01. The predicted molar refractivity (Wildman–Crippen MR) is 360 cm³/mol. The summed E-state index contributed by atoms with van der Waals surface area (Å²) in [4.78, 5) is 10.0. The van der Waals surface area contributed by atoms with E-state index in [0.29, 0.717) is 0 Å². The Labute approximate surface area is 521 Å². The van der Waals surface area contributed by atoms with Crippen LogP contribution in [0.3, 0.4) is 0 Å². The minimum atomic E-state index is -3.29. The third kappa shape index (κ3) is 10.9. The van der Waals surface area contributed by atoms with E-state index in [-0.39, 0.29) is 48.1 Å².